The summed E-state index contributed by atoms with van der Waals surface area (Å²) in [6.45, 7) is 8.34. The van der Waals surface area contributed by atoms with E-state index in [0.717, 1.165) is 23.1 Å². The molecule has 1 N–H and O–H groups in total. The van der Waals surface area contributed by atoms with E-state index in [1.165, 1.54) is 24.8 Å². The van der Waals surface area contributed by atoms with Gasteiger partial charge in [0, 0.05) is 6.04 Å². The topological polar surface area (TPSA) is 46.2 Å². The van der Waals surface area contributed by atoms with Gasteiger partial charge in [0.05, 0.1) is 11.3 Å². The number of rotatable bonds is 3. The summed E-state index contributed by atoms with van der Waals surface area (Å²) < 4.78 is 0. The van der Waals surface area contributed by atoms with Crippen LogP contribution in [0.5, 0.6) is 0 Å². The lowest BCUT2D eigenvalue weighted by atomic mass is 9.84. The van der Waals surface area contributed by atoms with Gasteiger partial charge >= 0.3 is 0 Å². The standard InChI is InChI=1S/C20H25NO2/c1-11-7-5-6-8-16(11)21-18-17(19(22)20(18)23)15-10-13(3)12(2)9-14(15)4/h9-11,16,21H,5-8H2,1-4H3/t11-,16+/m0/s1. The number of hydrogen-bond donors (Lipinski definition) is 1. The van der Waals surface area contributed by atoms with Crippen LogP contribution in [0.4, 0.5) is 5.69 Å². The third kappa shape index (κ3) is 2.73. The molecule has 2 aromatic rings. The first kappa shape index (κ1) is 16.0. The summed E-state index contributed by atoms with van der Waals surface area (Å²) in [6, 6.07) is 4.43. The zero-order valence-electron chi connectivity index (χ0n) is 14.5. The zero-order chi connectivity index (χ0) is 16.7. The highest BCUT2D eigenvalue weighted by Crippen LogP contribution is 2.32. The van der Waals surface area contributed by atoms with Crippen molar-refractivity contribution >= 4 is 5.69 Å². The quantitative estimate of drug-likeness (QED) is 0.875. The van der Waals surface area contributed by atoms with Gasteiger partial charge in [0.2, 0.25) is 10.9 Å². The van der Waals surface area contributed by atoms with E-state index in [0.29, 0.717) is 23.2 Å². The molecule has 0 bridgehead atoms. The normalized spacial score (nSPS) is 21.6. The molecule has 0 amide bonds. The van der Waals surface area contributed by atoms with Gasteiger partial charge in [-0.05, 0) is 61.8 Å². The van der Waals surface area contributed by atoms with Gasteiger partial charge < -0.3 is 5.32 Å². The van der Waals surface area contributed by atoms with Crippen LogP contribution in [0, 0.1) is 26.7 Å². The SMILES string of the molecule is Cc1cc(C)c(-c2c(N[C@@H]3CCCC[C@@H]3C)c(=O)c2=O)cc1C. The van der Waals surface area contributed by atoms with Gasteiger partial charge in [0.1, 0.15) is 0 Å². The fourth-order valence-electron chi connectivity index (χ4n) is 3.73. The number of aryl methyl sites for hydroxylation is 3. The molecule has 0 spiro atoms. The van der Waals surface area contributed by atoms with Crippen LogP contribution in [0.1, 0.15) is 49.3 Å². The van der Waals surface area contributed by atoms with E-state index in [1.807, 2.05) is 19.9 Å². The van der Waals surface area contributed by atoms with Crippen molar-refractivity contribution in [2.75, 3.05) is 5.32 Å². The Balaban J connectivity index is 1.99. The Morgan fingerprint density at radius 1 is 0.913 bits per heavy atom. The van der Waals surface area contributed by atoms with Gasteiger partial charge in [-0.2, -0.15) is 0 Å². The van der Waals surface area contributed by atoms with Crippen molar-refractivity contribution in [1.82, 2.24) is 0 Å². The first-order valence-corrected chi connectivity index (χ1v) is 8.58. The summed E-state index contributed by atoms with van der Waals surface area (Å²) in [5.41, 5.74) is 4.76. The maximum Gasteiger partial charge on any atom is 0.250 e. The summed E-state index contributed by atoms with van der Waals surface area (Å²) in [4.78, 5) is 24.3. The molecule has 0 aliphatic heterocycles. The summed E-state index contributed by atoms with van der Waals surface area (Å²) >= 11 is 0. The molecule has 2 aromatic carbocycles. The van der Waals surface area contributed by atoms with Crippen LogP contribution in [0.3, 0.4) is 0 Å². The third-order valence-electron chi connectivity index (χ3n) is 5.46. The fourth-order valence-corrected chi connectivity index (χ4v) is 3.73. The molecule has 1 aliphatic carbocycles. The predicted molar refractivity (Wildman–Crippen MR) is 96.0 cm³/mol. The van der Waals surface area contributed by atoms with Crippen molar-refractivity contribution in [2.45, 2.75) is 59.4 Å². The summed E-state index contributed by atoms with van der Waals surface area (Å²) in [5, 5.41) is 3.40. The highest BCUT2D eigenvalue weighted by Gasteiger charge is 2.28. The van der Waals surface area contributed by atoms with E-state index >= 15 is 0 Å². The molecule has 122 valence electrons. The van der Waals surface area contributed by atoms with E-state index in [2.05, 4.69) is 25.2 Å². The monoisotopic (exact) mass is 311 g/mol. The second kappa shape index (κ2) is 5.95. The average Bonchev–Trinajstić information content (AvgIpc) is 2.53. The van der Waals surface area contributed by atoms with Crippen molar-refractivity contribution in [3.8, 4) is 11.1 Å². The van der Waals surface area contributed by atoms with Crippen molar-refractivity contribution < 1.29 is 0 Å². The first-order chi connectivity index (χ1) is 10.9. The Morgan fingerprint density at radius 2 is 1.57 bits per heavy atom. The van der Waals surface area contributed by atoms with Gasteiger partial charge in [-0.3, -0.25) is 9.59 Å². The minimum Gasteiger partial charge on any atom is -0.378 e. The molecule has 3 heteroatoms. The van der Waals surface area contributed by atoms with Crippen molar-refractivity contribution in [2.24, 2.45) is 5.92 Å². The number of benzene rings is 1. The average molecular weight is 311 g/mol. The highest BCUT2D eigenvalue weighted by molar-refractivity contribution is 5.84. The first-order valence-electron chi connectivity index (χ1n) is 8.58. The van der Waals surface area contributed by atoms with Gasteiger partial charge in [0.15, 0.2) is 0 Å². The molecule has 3 nitrogen and oxygen atoms in total. The third-order valence-corrected chi connectivity index (χ3v) is 5.46. The number of nitrogens with one attached hydrogen (secondary N) is 1. The lowest BCUT2D eigenvalue weighted by Crippen LogP contribution is -2.41. The molecular weight excluding hydrogens is 286 g/mol. The Labute approximate surface area is 137 Å². The Kier molecular flexibility index (Phi) is 4.13. The van der Waals surface area contributed by atoms with Crippen LogP contribution in [0.15, 0.2) is 21.7 Å². The minimum atomic E-state index is -0.351. The summed E-state index contributed by atoms with van der Waals surface area (Å²) in [5.74, 6) is 0.543. The van der Waals surface area contributed by atoms with Crippen LogP contribution >= 0.6 is 0 Å². The molecule has 3 rings (SSSR count). The summed E-state index contributed by atoms with van der Waals surface area (Å²) in [6.07, 6.45) is 4.71. The highest BCUT2D eigenvalue weighted by atomic mass is 16.2. The Bertz CT molecular complexity index is 812. The van der Waals surface area contributed by atoms with Crippen LogP contribution in [0.25, 0.3) is 11.1 Å². The second-order valence-corrected chi connectivity index (χ2v) is 7.17. The summed E-state index contributed by atoms with van der Waals surface area (Å²) in [7, 11) is 0. The van der Waals surface area contributed by atoms with E-state index in [-0.39, 0.29) is 10.9 Å². The van der Waals surface area contributed by atoms with Gasteiger partial charge in [0.25, 0.3) is 0 Å². The predicted octanol–water partition coefficient (Wildman–Crippen LogP) is 3.87. The largest absolute Gasteiger partial charge is 0.378 e. The molecule has 2 atom stereocenters. The van der Waals surface area contributed by atoms with Crippen LogP contribution < -0.4 is 16.2 Å². The Hall–Kier alpha value is -1.90. The smallest absolute Gasteiger partial charge is 0.250 e. The van der Waals surface area contributed by atoms with Gasteiger partial charge in [-0.25, -0.2) is 0 Å². The molecule has 23 heavy (non-hydrogen) atoms. The van der Waals surface area contributed by atoms with E-state index in [4.69, 9.17) is 0 Å². The van der Waals surface area contributed by atoms with Crippen LogP contribution in [-0.4, -0.2) is 6.04 Å². The number of hydrogen-bond acceptors (Lipinski definition) is 3. The van der Waals surface area contributed by atoms with Crippen molar-refractivity contribution in [3.63, 3.8) is 0 Å². The zero-order valence-corrected chi connectivity index (χ0v) is 14.5. The van der Waals surface area contributed by atoms with E-state index in [1.54, 1.807) is 0 Å². The van der Waals surface area contributed by atoms with Crippen molar-refractivity contribution in [3.05, 3.63) is 49.3 Å². The molecule has 1 saturated carbocycles. The van der Waals surface area contributed by atoms with Crippen LogP contribution in [-0.2, 0) is 0 Å². The fraction of sp³-hybridized carbons (Fsp3) is 0.500. The van der Waals surface area contributed by atoms with Gasteiger partial charge in [-0.1, -0.05) is 31.9 Å². The molecule has 1 fully saturated rings. The Morgan fingerprint density at radius 3 is 2.26 bits per heavy atom. The minimum absolute atomic E-state index is 0.303. The molecular formula is C20H25NO2. The molecule has 0 radical (unpaired) electrons. The molecule has 0 saturated heterocycles. The molecule has 0 aromatic heterocycles. The van der Waals surface area contributed by atoms with Crippen molar-refractivity contribution in [1.29, 1.82) is 0 Å². The maximum atomic E-state index is 12.2. The van der Waals surface area contributed by atoms with E-state index < -0.39 is 0 Å². The molecule has 0 heterocycles. The second-order valence-electron chi connectivity index (χ2n) is 7.17. The van der Waals surface area contributed by atoms with E-state index in [9.17, 15) is 9.59 Å². The maximum absolute atomic E-state index is 12.2. The molecule has 0 unspecified atom stereocenters. The van der Waals surface area contributed by atoms with Crippen LogP contribution in [0.2, 0.25) is 0 Å². The van der Waals surface area contributed by atoms with Gasteiger partial charge in [-0.15, -0.1) is 0 Å². The molecule has 1 aliphatic rings. The lowest BCUT2D eigenvalue weighted by molar-refractivity contribution is 0.349. The lowest BCUT2D eigenvalue weighted by Gasteiger charge is -2.31. The number of anilines is 1.